The Bertz CT molecular complexity index is 1490. The molecule has 0 unspecified atom stereocenters. The van der Waals surface area contributed by atoms with Crippen LogP contribution in [-0.2, 0) is 18.4 Å². The molecule has 9 nitrogen and oxygen atoms in total. The molecule has 0 radical (unpaired) electrons. The molecule has 3 N–H and O–H groups in total. The minimum absolute atomic E-state index is 0.140. The Morgan fingerprint density at radius 2 is 1.92 bits per heavy atom. The second-order valence-electron chi connectivity index (χ2n) is 8.72. The Hall–Kier alpha value is -3.92. The maximum atomic E-state index is 9.57. The van der Waals surface area contributed by atoms with Crippen LogP contribution >= 0.6 is 0 Å². The van der Waals surface area contributed by atoms with Gasteiger partial charge < -0.3 is 15.6 Å². The fourth-order valence-electron chi connectivity index (χ4n) is 4.31. The summed E-state index contributed by atoms with van der Waals surface area (Å²) in [6.07, 6.45) is 5.41. The van der Waals surface area contributed by atoms with Crippen molar-refractivity contribution in [3.8, 4) is 28.3 Å². The molecule has 0 spiro atoms. The maximum Gasteiger partial charge on any atom is 0.154 e. The van der Waals surface area contributed by atoms with Gasteiger partial charge in [0.05, 0.1) is 41.1 Å². The number of aliphatic hydroxyl groups is 1. The van der Waals surface area contributed by atoms with Crippen molar-refractivity contribution in [2.75, 3.05) is 13.7 Å². The van der Waals surface area contributed by atoms with Gasteiger partial charge in [-0.1, -0.05) is 12.1 Å². The first kappa shape index (κ1) is 23.8. The fraction of sp³-hybridized carbons (Fsp3) is 0.259. The summed E-state index contributed by atoms with van der Waals surface area (Å²) in [7, 11) is 3.59. The molecular formula is C27H29N7O2. The lowest BCUT2D eigenvalue weighted by Gasteiger charge is -2.13. The predicted octanol–water partition coefficient (Wildman–Crippen LogP) is 3.80. The van der Waals surface area contributed by atoms with Gasteiger partial charge in [0.1, 0.15) is 0 Å². The summed E-state index contributed by atoms with van der Waals surface area (Å²) in [5.74, 6) is 0.627. The Kier molecular flexibility index (Phi) is 6.86. The molecule has 4 heterocycles. The van der Waals surface area contributed by atoms with Crippen LogP contribution in [0.2, 0.25) is 0 Å². The van der Waals surface area contributed by atoms with Gasteiger partial charge in [-0.25, -0.2) is 9.67 Å². The molecule has 0 bridgehead atoms. The SMILES string of the molecule is COCCC[C@H](N)c1cccc(-c2cc(-c3ccn(C)n3)c3cnn(-c4cccc(CO)n4)c3c2)n1. The second kappa shape index (κ2) is 10.4. The molecule has 0 saturated heterocycles. The fourth-order valence-corrected chi connectivity index (χ4v) is 4.31. The van der Waals surface area contributed by atoms with E-state index in [4.69, 9.17) is 15.5 Å². The molecule has 1 aromatic carbocycles. The Labute approximate surface area is 209 Å². The molecule has 0 aliphatic heterocycles. The van der Waals surface area contributed by atoms with Gasteiger partial charge in [0.15, 0.2) is 5.82 Å². The first-order valence-corrected chi connectivity index (χ1v) is 11.9. The number of hydrogen-bond donors (Lipinski definition) is 2. The lowest BCUT2D eigenvalue weighted by Crippen LogP contribution is -2.13. The van der Waals surface area contributed by atoms with E-state index in [1.807, 2.05) is 55.8 Å². The summed E-state index contributed by atoms with van der Waals surface area (Å²) in [5.41, 5.74) is 12.3. The Balaban J connectivity index is 1.64. The molecular weight excluding hydrogens is 454 g/mol. The van der Waals surface area contributed by atoms with E-state index >= 15 is 0 Å². The number of aryl methyl sites for hydroxylation is 1. The van der Waals surface area contributed by atoms with Gasteiger partial charge in [0, 0.05) is 49.5 Å². The number of pyridine rings is 2. The molecule has 1 atom stereocenters. The predicted molar refractivity (Wildman–Crippen MR) is 138 cm³/mol. The van der Waals surface area contributed by atoms with Crippen molar-refractivity contribution >= 4 is 10.9 Å². The van der Waals surface area contributed by atoms with E-state index in [1.54, 1.807) is 22.5 Å². The highest BCUT2D eigenvalue weighted by Gasteiger charge is 2.17. The highest BCUT2D eigenvalue weighted by molar-refractivity contribution is 5.97. The van der Waals surface area contributed by atoms with Crippen LogP contribution in [0.1, 0.15) is 30.3 Å². The standard InChI is InChI=1S/C27H29N7O2/c1-33-12-11-24(32-33)20-14-18(23-8-4-9-25(31-23)22(28)7-5-13-36-2)15-26-21(20)16-29-34(26)27-10-3-6-19(17-35)30-27/h3-4,6,8-12,14-16,22,35H,5,7,13,17,28H2,1-2H3/t22-/m0/s1. The average Bonchev–Trinajstić information content (AvgIpc) is 3.54. The summed E-state index contributed by atoms with van der Waals surface area (Å²) < 4.78 is 8.73. The van der Waals surface area contributed by atoms with Gasteiger partial charge in [0.25, 0.3) is 0 Å². The summed E-state index contributed by atoms with van der Waals surface area (Å²) in [5, 5.41) is 19.8. The number of aliphatic hydroxyl groups excluding tert-OH is 1. The van der Waals surface area contributed by atoms with Gasteiger partial charge in [-0.05, 0) is 55.3 Å². The third-order valence-electron chi connectivity index (χ3n) is 6.16. The van der Waals surface area contributed by atoms with Crippen LogP contribution in [-0.4, -0.2) is 48.4 Å². The first-order valence-electron chi connectivity index (χ1n) is 11.9. The van der Waals surface area contributed by atoms with Gasteiger partial charge in [0.2, 0.25) is 0 Å². The van der Waals surface area contributed by atoms with Crippen molar-refractivity contribution in [3.63, 3.8) is 0 Å². The van der Waals surface area contributed by atoms with Crippen molar-refractivity contribution in [2.45, 2.75) is 25.5 Å². The van der Waals surface area contributed by atoms with E-state index in [0.29, 0.717) is 18.1 Å². The van der Waals surface area contributed by atoms with Gasteiger partial charge in [-0.3, -0.25) is 9.67 Å². The van der Waals surface area contributed by atoms with E-state index in [-0.39, 0.29) is 12.6 Å². The number of ether oxygens (including phenoxy) is 1. The van der Waals surface area contributed by atoms with Crippen molar-refractivity contribution < 1.29 is 9.84 Å². The monoisotopic (exact) mass is 483 g/mol. The van der Waals surface area contributed by atoms with Crippen LogP contribution in [0.5, 0.6) is 0 Å². The Morgan fingerprint density at radius 3 is 2.69 bits per heavy atom. The van der Waals surface area contributed by atoms with Crippen LogP contribution in [0.25, 0.3) is 39.2 Å². The zero-order chi connectivity index (χ0) is 25.1. The molecule has 5 aromatic rings. The molecule has 0 fully saturated rings. The number of aromatic nitrogens is 6. The van der Waals surface area contributed by atoms with Crippen molar-refractivity contribution in [2.24, 2.45) is 12.8 Å². The van der Waals surface area contributed by atoms with Crippen LogP contribution < -0.4 is 5.73 Å². The topological polar surface area (TPSA) is 117 Å². The molecule has 4 aromatic heterocycles. The number of rotatable bonds is 9. The Morgan fingerprint density at radius 1 is 1.06 bits per heavy atom. The van der Waals surface area contributed by atoms with Crippen molar-refractivity contribution in [3.05, 3.63) is 78.4 Å². The van der Waals surface area contributed by atoms with E-state index < -0.39 is 0 Å². The van der Waals surface area contributed by atoms with Gasteiger partial charge >= 0.3 is 0 Å². The third-order valence-corrected chi connectivity index (χ3v) is 6.16. The van der Waals surface area contributed by atoms with E-state index in [1.165, 1.54) is 0 Å². The molecule has 184 valence electrons. The van der Waals surface area contributed by atoms with Crippen molar-refractivity contribution in [1.82, 2.24) is 29.5 Å². The highest BCUT2D eigenvalue weighted by Crippen LogP contribution is 2.34. The van der Waals surface area contributed by atoms with Crippen molar-refractivity contribution in [1.29, 1.82) is 0 Å². The lowest BCUT2D eigenvalue weighted by atomic mass is 10.0. The lowest BCUT2D eigenvalue weighted by molar-refractivity contribution is 0.190. The summed E-state index contributed by atoms with van der Waals surface area (Å²) in [4.78, 5) is 9.47. The van der Waals surface area contributed by atoms with E-state index in [2.05, 4.69) is 27.3 Å². The largest absolute Gasteiger partial charge is 0.390 e. The molecule has 0 saturated carbocycles. The normalized spacial score (nSPS) is 12.3. The third kappa shape index (κ3) is 4.76. The molecule has 5 rings (SSSR count). The molecule has 0 aliphatic carbocycles. The number of benzene rings is 1. The molecule has 0 aliphatic rings. The van der Waals surface area contributed by atoms with Crippen LogP contribution in [0.4, 0.5) is 0 Å². The minimum Gasteiger partial charge on any atom is -0.390 e. The van der Waals surface area contributed by atoms with Crippen LogP contribution in [0.15, 0.2) is 67.0 Å². The first-order chi connectivity index (χ1) is 17.6. The van der Waals surface area contributed by atoms with Gasteiger partial charge in [-0.15, -0.1) is 0 Å². The quantitative estimate of drug-likeness (QED) is 0.306. The number of methoxy groups -OCH3 is 1. The van der Waals surface area contributed by atoms with Crippen LogP contribution in [0.3, 0.4) is 0 Å². The zero-order valence-electron chi connectivity index (χ0n) is 20.4. The smallest absolute Gasteiger partial charge is 0.154 e. The minimum atomic E-state index is -0.171. The number of nitrogens with zero attached hydrogens (tertiary/aromatic N) is 6. The zero-order valence-corrected chi connectivity index (χ0v) is 20.4. The average molecular weight is 484 g/mol. The molecule has 36 heavy (non-hydrogen) atoms. The summed E-state index contributed by atoms with van der Waals surface area (Å²) in [6.45, 7) is 0.534. The summed E-state index contributed by atoms with van der Waals surface area (Å²) >= 11 is 0. The van der Waals surface area contributed by atoms with E-state index in [9.17, 15) is 5.11 Å². The molecule has 0 amide bonds. The molecule has 9 heteroatoms. The van der Waals surface area contributed by atoms with E-state index in [0.717, 1.165) is 52.0 Å². The number of fused-ring (bicyclic) bond motifs is 1. The summed E-state index contributed by atoms with van der Waals surface area (Å²) in [6, 6.07) is 17.4. The van der Waals surface area contributed by atoms with Crippen LogP contribution in [0, 0.1) is 0 Å². The highest BCUT2D eigenvalue weighted by atomic mass is 16.5. The number of nitrogens with two attached hydrogens (primary N) is 1. The maximum absolute atomic E-state index is 9.57. The second-order valence-corrected chi connectivity index (χ2v) is 8.72. The number of hydrogen-bond acceptors (Lipinski definition) is 7. The van der Waals surface area contributed by atoms with Gasteiger partial charge in [-0.2, -0.15) is 10.2 Å².